The molecule has 1 N–H and O–H groups in total. The molecule has 1 aromatic carbocycles. The van der Waals surface area contributed by atoms with Crippen LogP contribution < -0.4 is 5.32 Å². The Kier molecular flexibility index (Phi) is 5.76. The fraction of sp³-hybridized carbons (Fsp3) is 0.438. The molecule has 0 spiro atoms. The number of halogens is 1. The van der Waals surface area contributed by atoms with E-state index in [0.29, 0.717) is 17.3 Å². The van der Waals surface area contributed by atoms with Crippen LogP contribution in [0, 0.1) is 0 Å². The molecule has 1 aromatic heterocycles. The van der Waals surface area contributed by atoms with E-state index < -0.39 is 0 Å². The van der Waals surface area contributed by atoms with Crippen LogP contribution in [0.25, 0.3) is 11.4 Å². The molecule has 0 radical (unpaired) electrons. The summed E-state index contributed by atoms with van der Waals surface area (Å²) < 4.78 is 7.79. The first-order valence-electron chi connectivity index (χ1n) is 7.81. The quantitative estimate of drug-likeness (QED) is 0.796. The number of thioether (sulfide) groups is 1. The Morgan fingerprint density at radius 1 is 1.42 bits per heavy atom. The summed E-state index contributed by atoms with van der Waals surface area (Å²) in [5, 5.41) is 12.6. The van der Waals surface area contributed by atoms with Crippen molar-refractivity contribution in [3.8, 4) is 11.4 Å². The monoisotopic (exact) mass is 366 g/mol. The third kappa shape index (κ3) is 4.09. The van der Waals surface area contributed by atoms with Crippen molar-refractivity contribution in [2.75, 3.05) is 19.4 Å². The fourth-order valence-corrected chi connectivity index (χ4v) is 3.51. The number of hydrogen-bond donors (Lipinski definition) is 1. The van der Waals surface area contributed by atoms with E-state index in [0.717, 1.165) is 36.0 Å². The van der Waals surface area contributed by atoms with Crippen LogP contribution in [-0.4, -0.2) is 46.2 Å². The molecule has 6 nitrogen and oxygen atoms in total. The molecule has 1 atom stereocenters. The van der Waals surface area contributed by atoms with Gasteiger partial charge in [-0.05, 0) is 37.1 Å². The predicted molar refractivity (Wildman–Crippen MR) is 94.2 cm³/mol. The van der Waals surface area contributed by atoms with Crippen LogP contribution in [0.2, 0.25) is 5.02 Å². The maximum atomic E-state index is 11.5. The van der Waals surface area contributed by atoms with E-state index in [4.69, 9.17) is 16.3 Å². The van der Waals surface area contributed by atoms with Gasteiger partial charge in [0.25, 0.3) is 0 Å². The van der Waals surface area contributed by atoms with Gasteiger partial charge in [-0.2, -0.15) is 0 Å². The second-order valence-corrected chi connectivity index (χ2v) is 6.90. The highest BCUT2D eigenvalue weighted by molar-refractivity contribution is 7.99. The van der Waals surface area contributed by atoms with Crippen molar-refractivity contribution >= 4 is 29.3 Å². The highest BCUT2D eigenvalue weighted by Crippen LogP contribution is 2.27. The molecule has 2 heterocycles. The number of nitrogens with one attached hydrogen (secondary N) is 1. The summed E-state index contributed by atoms with van der Waals surface area (Å²) >= 11 is 7.35. The molecule has 0 unspecified atom stereocenters. The average molecular weight is 367 g/mol. The van der Waals surface area contributed by atoms with Gasteiger partial charge in [-0.25, -0.2) is 0 Å². The predicted octanol–water partition coefficient (Wildman–Crippen LogP) is 2.62. The van der Waals surface area contributed by atoms with Gasteiger partial charge in [0.1, 0.15) is 0 Å². The first kappa shape index (κ1) is 17.3. The lowest BCUT2D eigenvalue weighted by molar-refractivity contribution is -0.118. The topological polar surface area (TPSA) is 69.0 Å². The molecule has 1 saturated heterocycles. The molecule has 2 aromatic rings. The van der Waals surface area contributed by atoms with Crippen molar-refractivity contribution in [2.45, 2.75) is 30.6 Å². The lowest BCUT2D eigenvalue weighted by atomic mass is 10.2. The molecule has 1 fully saturated rings. The summed E-state index contributed by atoms with van der Waals surface area (Å²) in [4.78, 5) is 11.5. The van der Waals surface area contributed by atoms with E-state index in [-0.39, 0.29) is 12.0 Å². The lowest BCUT2D eigenvalue weighted by Crippen LogP contribution is -2.21. The number of benzene rings is 1. The van der Waals surface area contributed by atoms with Crippen LogP contribution >= 0.6 is 23.4 Å². The zero-order valence-electron chi connectivity index (χ0n) is 13.4. The second-order valence-electron chi connectivity index (χ2n) is 5.52. The van der Waals surface area contributed by atoms with Gasteiger partial charge in [0.05, 0.1) is 18.4 Å². The number of rotatable bonds is 6. The number of ether oxygens (including phenoxy) is 1. The van der Waals surface area contributed by atoms with E-state index in [1.807, 2.05) is 28.8 Å². The number of aromatic nitrogens is 3. The minimum Gasteiger partial charge on any atom is -0.376 e. The van der Waals surface area contributed by atoms with Gasteiger partial charge < -0.3 is 10.1 Å². The molecule has 1 amide bonds. The first-order chi connectivity index (χ1) is 11.7. The molecular weight excluding hydrogens is 348 g/mol. The molecule has 8 heteroatoms. The smallest absolute Gasteiger partial charge is 0.230 e. The third-order valence-electron chi connectivity index (χ3n) is 3.84. The Balaban J connectivity index is 1.87. The van der Waals surface area contributed by atoms with Gasteiger partial charge in [-0.1, -0.05) is 23.4 Å². The van der Waals surface area contributed by atoms with Crippen molar-refractivity contribution in [2.24, 2.45) is 0 Å². The van der Waals surface area contributed by atoms with Gasteiger partial charge >= 0.3 is 0 Å². The number of carbonyl (C=O) groups excluding carboxylic acids is 1. The van der Waals surface area contributed by atoms with Gasteiger partial charge in [0, 0.05) is 24.2 Å². The van der Waals surface area contributed by atoms with Crippen LogP contribution in [0.4, 0.5) is 0 Å². The van der Waals surface area contributed by atoms with Gasteiger partial charge in [-0.3, -0.25) is 9.36 Å². The second kappa shape index (κ2) is 8.00. The number of amides is 1. The summed E-state index contributed by atoms with van der Waals surface area (Å²) in [6, 6.07) is 7.51. The van der Waals surface area contributed by atoms with Crippen LogP contribution in [0.5, 0.6) is 0 Å². The van der Waals surface area contributed by atoms with Crippen LogP contribution in [0.3, 0.4) is 0 Å². The summed E-state index contributed by atoms with van der Waals surface area (Å²) in [5.74, 6) is 1.03. The summed E-state index contributed by atoms with van der Waals surface area (Å²) in [6.07, 6.45) is 2.26. The Morgan fingerprint density at radius 2 is 2.21 bits per heavy atom. The Labute approximate surface area is 149 Å². The molecule has 0 saturated carbocycles. The highest BCUT2D eigenvalue weighted by Gasteiger charge is 2.22. The SMILES string of the molecule is CNC(=O)CSc1nnc(-c2ccc(Cl)cc2)n1C[C@H]1CCCO1. The minimum absolute atomic E-state index is 0.0419. The van der Waals surface area contributed by atoms with Crippen molar-refractivity contribution < 1.29 is 9.53 Å². The van der Waals surface area contributed by atoms with Crippen molar-refractivity contribution in [1.82, 2.24) is 20.1 Å². The van der Waals surface area contributed by atoms with Gasteiger partial charge in [-0.15, -0.1) is 10.2 Å². The summed E-state index contributed by atoms with van der Waals surface area (Å²) in [5.41, 5.74) is 0.941. The van der Waals surface area contributed by atoms with E-state index >= 15 is 0 Å². The maximum absolute atomic E-state index is 11.5. The van der Waals surface area contributed by atoms with Gasteiger partial charge in [0.15, 0.2) is 11.0 Å². The molecule has 0 bridgehead atoms. The van der Waals surface area contributed by atoms with E-state index in [2.05, 4.69) is 15.5 Å². The van der Waals surface area contributed by atoms with Crippen LogP contribution in [0.15, 0.2) is 29.4 Å². The standard InChI is InChI=1S/C16H19ClN4O2S/c1-18-14(22)10-24-16-20-19-15(11-4-6-12(17)7-5-11)21(16)9-13-3-2-8-23-13/h4-7,13H,2-3,8-10H2,1H3,(H,18,22)/t13-/m1/s1. The van der Waals surface area contributed by atoms with Gasteiger partial charge in [0.2, 0.25) is 5.91 Å². The Hall–Kier alpha value is -1.57. The van der Waals surface area contributed by atoms with Crippen molar-refractivity contribution in [3.05, 3.63) is 29.3 Å². The molecular formula is C16H19ClN4O2S. The number of carbonyl (C=O) groups is 1. The largest absolute Gasteiger partial charge is 0.376 e. The molecule has 1 aliphatic rings. The van der Waals surface area contributed by atoms with Crippen LogP contribution in [-0.2, 0) is 16.1 Å². The zero-order chi connectivity index (χ0) is 16.9. The van der Waals surface area contributed by atoms with E-state index in [1.54, 1.807) is 7.05 Å². The molecule has 128 valence electrons. The Morgan fingerprint density at radius 3 is 2.88 bits per heavy atom. The third-order valence-corrected chi connectivity index (χ3v) is 5.06. The van der Waals surface area contributed by atoms with Crippen molar-refractivity contribution in [1.29, 1.82) is 0 Å². The summed E-state index contributed by atoms with van der Waals surface area (Å²) in [6.45, 7) is 1.48. The lowest BCUT2D eigenvalue weighted by Gasteiger charge is -2.14. The molecule has 0 aliphatic carbocycles. The molecule has 1 aliphatic heterocycles. The zero-order valence-corrected chi connectivity index (χ0v) is 14.9. The normalized spacial score (nSPS) is 17.2. The molecule has 24 heavy (non-hydrogen) atoms. The maximum Gasteiger partial charge on any atom is 0.230 e. The number of nitrogens with zero attached hydrogens (tertiary/aromatic N) is 3. The van der Waals surface area contributed by atoms with Crippen LogP contribution in [0.1, 0.15) is 12.8 Å². The highest BCUT2D eigenvalue weighted by atomic mass is 35.5. The minimum atomic E-state index is -0.0419. The van der Waals surface area contributed by atoms with Crippen molar-refractivity contribution in [3.63, 3.8) is 0 Å². The average Bonchev–Trinajstić information content (AvgIpc) is 3.24. The summed E-state index contributed by atoms with van der Waals surface area (Å²) in [7, 11) is 1.62. The molecule has 3 rings (SSSR count). The fourth-order valence-electron chi connectivity index (χ4n) is 2.57. The van der Waals surface area contributed by atoms with E-state index in [1.165, 1.54) is 11.8 Å². The Bertz CT molecular complexity index is 699. The van der Waals surface area contributed by atoms with E-state index in [9.17, 15) is 4.79 Å². The first-order valence-corrected chi connectivity index (χ1v) is 9.18. The number of hydrogen-bond acceptors (Lipinski definition) is 5.